The van der Waals surface area contributed by atoms with Crippen molar-refractivity contribution in [3.05, 3.63) is 42.5 Å². The number of anilines is 1. The Hall–Kier alpha value is -1.88. The van der Waals surface area contributed by atoms with Gasteiger partial charge in [0.25, 0.3) is 0 Å². The van der Waals surface area contributed by atoms with Gasteiger partial charge in [-0.15, -0.1) is 0 Å². The van der Waals surface area contributed by atoms with E-state index < -0.39 is 0 Å². The second-order valence-corrected chi connectivity index (χ2v) is 4.23. The maximum absolute atomic E-state index is 5.10. The lowest BCUT2D eigenvalue weighted by Gasteiger charge is -2.15. The monoisotopic (exact) mass is 246 g/mol. The number of imidazole rings is 1. The fourth-order valence-corrected chi connectivity index (χ4v) is 1.77. The molecule has 2 heterocycles. The summed E-state index contributed by atoms with van der Waals surface area (Å²) in [6, 6.07) is 4.23. The molecule has 0 aliphatic carbocycles. The van der Waals surface area contributed by atoms with Crippen LogP contribution in [0.4, 0.5) is 5.95 Å². The molecule has 0 aliphatic rings. The van der Waals surface area contributed by atoms with Crippen LogP contribution in [0.1, 0.15) is 12.5 Å². The van der Waals surface area contributed by atoms with Crippen molar-refractivity contribution in [2.75, 3.05) is 19.0 Å². The minimum Gasteiger partial charge on any atom is -0.383 e. The lowest BCUT2D eigenvalue weighted by atomic mass is 10.3. The van der Waals surface area contributed by atoms with Crippen LogP contribution in [-0.4, -0.2) is 34.3 Å². The average Bonchev–Trinajstić information content (AvgIpc) is 2.78. The van der Waals surface area contributed by atoms with E-state index >= 15 is 0 Å². The van der Waals surface area contributed by atoms with Crippen molar-refractivity contribution >= 4 is 5.95 Å². The summed E-state index contributed by atoms with van der Waals surface area (Å²) in [5.41, 5.74) is 1.20. The molecular weight excluding hydrogens is 228 g/mol. The molecule has 0 saturated carbocycles. The van der Waals surface area contributed by atoms with Crippen LogP contribution in [0, 0.1) is 0 Å². The molecule has 18 heavy (non-hydrogen) atoms. The molecule has 5 heteroatoms. The van der Waals surface area contributed by atoms with Gasteiger partial charge < -0.3 is 14.6 Å². The van der Waals surface area contributed by atoms with Gasteiger partial charge in [0.05, 0.1) is 13.2 Å². The van der Waals surface area contributed by atoms with Gasteiger partial charge in [-0.2, -0.15) is 0 Å². The molecule has 0 aromatic carbocycles. The molecule has 1 atom stereocenters. The van der Waals surface area contributed by atoms with Gasteiger partial charge in [0.2, 0.25) is 5.95 Å². The van der Waals surface area contributed by atoms with Crippen molar-refractivity contribution in [1.82, 2.24) is 14.5 Å². The Morgan fingerprint density at radius 3 is 2.83 bits per heavy atom. The van der Waals surface area contributed by atoms with E-state index in [-0.39, 0.29) is 6.04 Å². The van der Waals surface area contributed by atoms with Crippen molar-refractivity contribution in [1.29, 1.82) is 0 Å². The summed E-state index contributed by atoms with van der Waals surface area (Å²) in [5.74, 6) is 0.858. The van der Waals surface area contributed by atoms with E-state index in [4.69, 9.17) is 4.74 Å². The lowest BCUT2D eigenvalue weighted by molar-refractivity contribution is 0.190. The molecule has 0 fully saturated rings. The third-order valence-electron chi connectivity index (χ3n) is 2.61. The standard InChI is InChI=1S/C13H18N4O/c1-11(10-18-2)16-13-15-7-8-17(13)9-12-3-5-14-6-4-12/h3-8,11H,9-10H2,1-2H3,(H,15,16). The minimum atomic E-state index is 0.230. The Labute approximate surface area is 107 Å². The Morgan fingerprint density at radius 1 is 1.33 bits per heavy atom. The number of hydrogen-bond acceptors (Lipinski definition) is 4. The van der Waals surface area contributed by atoms with Crippen LogP contribution in [0.3, 0.4) is 0 Å². The summed E-state index contributed by atoms with van der Waals surface area (Å²) < 4.78 is 7.17. The fourth-order valence-electron chi connectivity index (χ4n) is 1.77. The highest BCUT2D eigenvalue weighted by molar-refractivity contribution is 5.29. The molecule has 0 amide bonds. The first-order valence-electron chi connectivity index (χ1n) is 5.95. The largest absolute Gasteiger partial charge is 0.383 e. The number of methoxy groups -OCH3 is 1. The molecule has 0 aliphatic heterocycles. The predicted molar refractivity (Wildman–Crippen MR) is 70.5 cm³/mol. The van der Waals surface area contributed by atoms with Crippen LogP contribution < -0.4 is 5.32 Å². The number of ether oxygens (including phenoxy) is 1. The van der Waals surface area contributed by atoms with Gasteiger partial charge in [-0.1, -0.05) is 0 Å². The third kappa shape index (κ3) is 3.30. The van der Waals surface area contributed by atoms with E-state index in [1.54, 1.807) is 25.7 Å². The topological polar surface area (TPSA) is 52.0 Å². The molecule has 2 aromatic heterocycles. The Morgan fingerprint density at radius 2 is 2.11 bits per heavy atom. The van der Waals surface area contributed by atoms with Gasteiger partial charge in [-0.3, -0.25) is 4.98 Å². The first-order chi connectivity index (χ1) is 8.79. The zero-order valence-corrected chi connectivity index (χ0v) is 10.7. The number of nitrogens with zero attached hydrogens (tertiary/aromatic N) is 3. The number of aromatic nitrogens is 3. The lowest BCUT2D eigenvalue weighted by Crippen LogP contribution is -2.23. The molecular formula is C13H18N4O. The van der Waals surface area contributed by atoms with Gasteiger partial charge in [-0.05, 0) is 24.6 Å². The van der Waals surface area contributed by atoms with Gasteiger partial charge in [0, 0.05) is 37.9 Å². The van der Waals surface area contributed by atoms with Crippen molar-refractivity contribution < 1.29 is 4.74 Å². The van der Waals surface area contributed by atoms with Gasteiger partial charge in [-0.25, -0.2) is 4.98 Å². The molecule has 2 rings (SSSR count). The summed E-state index contributed by atoms with van der Waals surface area (Å²) in [4.78, 5) is 8.33. The van der Waals surface area contributed by atoms with E-state index in [2.05, 4.69) is 26.8 Å². The van der Waals surface area contributed by atoms with Crippen molar-refractivity contribution in [3.63, 3.8) is 0 Å². The summed E-state index contributed by atoms with van der Waals surface area (Å²) in [6.45, 7) is 3.50. The Kier molecular flexibility index (Phi) is 4.30. The highest BCUT2D eigenvalue weighted by atomic mass is 16.5. The fraction of sp³-hybridized carbons (Fsp3) is 0.385. The highest BCUT2D eigenvalue weighted by Crippen LogP contribution is 2.09. The molecule has 96 valence electrons. The zero-order valence-electron chi connectivity index (χ0n) is 10.7. The van der Waals surface area contributed by atoms with Crippen LogP contribution in [-0.2, 0) is 11.3 Å². The predicted octanol–water partition coefficient (Wildman–Crippen LogP) is 1.77. The van der Waals surface area contributed by atoms with E-state index in [1.165, 1.54) is 5.56 Å². The molecule has 1 unspecified atom stereocenters. The number of hydrogen-bond donors (Lipinski definition) is 1. The molecule has 0 saturated heterocycles. The molecule has 0 radical (unpaired) electrons. The maximum atomic E-state index is 5.10. The first kappa shape index (κ1) is 12.6. The number of rotatable bonds is 6. The van der Waals surface area contributed by atoms with E-state index in [9.17, 15) is 0 Å². The second kappa shape index (κ2) is 6.16. The molecule has 1 N–H and O–H groups in total. The minimum absolute atomic E-state index is 0.230. The highest BCUT2D eigenvalue weighted by Gasteiger charge is 2.07. The molecule has 2 aromatic rings. The van der Waals surface area contributed by atoms with Crippen molar-refractivity contribution in [2.24, 2.45) is 0 Å². The molecule has 5 nitrogen and oxygen atoms in total. The van der Waals surface area contributed by atoms with Crippen LogP contribution >= 0.6 is 0 Å². The Balaban J connectivity index is 2.04. The second-order valence-electron chi connectivity index (χ2n) is 4.23. The number of pyridine rings is 1. The SMILES string of the molecule is COCC(C)Nc1nccn1Cc1ccncc1. The number of nitrogens with one attached hydrogen (secondary N) is 1. The van der Waals surface area contributed by atoms with Crippen molar-refractivity contribution in [2.45, 2.75) is 19.5 Å². The van der Waals surface area contributed by atoms with Gasteiger partial charge in [0.1, 0.15) is 0 Å². The van der Waals surface area contributed by atoms with E-state index in [0.717, 1.165) is 12.5 Å². The summed E-state index contributed by atoms with van der Waals surface area (Å²) >= 11 is 0. The van der Waals surface area contributed by atoms with E-state index in [0.29, 0.717) is 6.61 Å². The third-order valence-corrected chi connectivity index (χ3v) is 2.61. The summed E-state index contributed by atoms with van der Waals surface area (Å²) in [5, 5.41) is 3.32. The summed E-state index contributed by atoms with van der Waals surface area (Å²) in [7, 11) is 1.70. The summed E-state index contributed by atoms with van der Waals surface area (Å²) in [6.07, 6.45) is 7.35. The molecule has 0 bridgehead atoms. The average molecular weight is 246 g/mol. The van der Waals surface area contributed by atoms with Crippen LogP contribution in [0.15, 0.2) is 36.9 Å². The quantitative estimate of drug-likeness (QED) is 0.844. The van der Waals surface area contributed by atoms with Gasteiger partial charge in [0.15, 0.2) is 0 Å². The van der Waals surface area contributed by atoms with Crippen molar-refractivity contribution in [3.8, 4) is 0 Å². The van der Waals surface area contributed by atoms with Crippen LogP contribution in [0.5, 0.6) is 0 Å². The van der Waals surface area contributed by atoms with Crippen LogP contribution in [0.2, 0.25) is 0 Å². The van der Waals surface area contributed by atoms with Gasteiger partial charge >= 0.3 is 0 Å². The van der Waals surface area contributed by atoms with Crippen LogP contribution in [0.25, 0.3) is 0 Å². The zero-order chi connectivity index (χ0) is 12.8. The maximum Gasteiger partial charge on any atom is 0.203 e. The first-order valence-corrected chi connectivity index (χ1v) is 5.95. The smallest absolute Gasteiger partial charge is 0.203 e. The molecule has 0 spiro atoms. The van der Waals surface area contributed by atoms with E-state index in [1.807, 2.05) is 18.3 Å². The normalized spacial score (nSPS) is 12.3. The Bertz CT molecular complexity index is 469.